The van der Waals surface area contributed by atoms with Gasteiger partial charge in [0.15, 0.2) is 24.2 Å². The number of amides is 3. The molecule has 2 bridgehead atoms. The molecule has 478 valence electrons. The second kappa shape index (κ2) is 26.4. The second-order valence-electron chi connectivity index (χ2n) is 26.5. The lowest BCUT2D eigenvalue weighted by molar-refractivity contribution is -0.141. The van der Waals surface area contributed by atoms with Gasteiger partial charge in [-0.15, -0.1) is 11.3 Å². The van der Waals surface area contributed by atoms with E-state index in [1.165, 1.54) is 4.90 Å². The minimum atomic E-state index is -0.828. The number of thiazole rings is 1. The number of likely N-dealkylation sites (tertiary alicyclic amines) is 2. The summed E-state index contributed by atoms with van der Waals surface area (Å²) >= 11 is 1.59. The van der Waals surface area contributed by atoms with Crippen molar-refractivity contribution in [1.82, 2.24) is 45.1 Å². The fourth-order valence-electron chi connectivity index (χ4n) is 14.2. The number of aryl methyl sites for hydroxylation is 2. The van der Waals surface area contributed by atoms with E-state index >= 15 is 4.39 Å². The Kier molecular flexibility index (Phi) is 18.4. The molecule has 0 spiro atoms. The summed E-state index contributed by atoms with van der Waals surface area (Å²) in [7, 11) is 1.56. The van der Waals surface area contributed by atoms with Gasteiger partial charge in [0, 0.05) is 70.6 Å². The van der Waals surface area contributed by atoms with Gasteiger partial charge in [-0.2, -0.15) is 9.97 Å². The molecule has 3 amide bonds. The molecule has 5 fully saturated rings. The molecule has 90 heavy (non-hydrogen) atoms. The van der Waals surface area contributed by atoms with Crippen LogP contribution in [0.2, 0.25) is 0 Å². The number of aliphatic hydroxyl groups excluding tert-OH is 1. The van der Waals surface area contributed by atoms with Crippen molar-refractivity contribution in [1.29, 1.82) is 0 Å². The Balaban J connectivity index is 0.666. The number of halogens is 1. The molecule has 4 aromatic heterocycles. The van der Waals surface area contributed by atoms with Crippen molar-refractivity contribution < 1.29 is 47.4 Å². The van der Waals surface area contributed by atoms with E-state index in [0.29, 0.717) is 72.2 Å². The van der Waals surface area contributed by atoms with Crippen LogP contribution in [0.5, 0.6) is 11.8 Å². The maximum Gasteiger partial charge on any atom is 0.410 e. The zero-order valence-electron chi connectivity index (χ0n) is 53.1. The number of piperidine rings is 1. The molecule has 5 aliphatic heterocycles. The maximum atomic E-state index is 17.7. The van der Waals surface area contributed by atoms with Crippen molar-refractivity contribution in [3.8, 4) is 33.5 Å². The highest BCUT2D eigenvalue weighted by atomic mass is 32.1. The van der Waals surface area contributed by atoms with Gasteiger partial charge in [0.1, 0.15) is 46.9 Å². The average molecular weight is 1250 g/mol. The number of aromatic nitrogens is 5. The molecular weight excluding hydrogens is 1170 g/mol. The van der Waals surface area contributed by atoms with Gasteiger partial charge in [-0.3, -0.25) is 24.4 Å². The van der Waals surface area contributed by atoms with Crippen LogP contribution in [0.15, 0.2) is 76.9 Å². The highest BCUT2D eigenvalue weighted by molar-refractivity contribution is 7.13. The summed E-state index contributed by atoms with van der Waals surface area (Å²) in [5.41, 5.74) is 6.05. The van der Waals surface area contributed by atoms with Crippen LogP contribution in [0.25, 0.3) is 43.4 Å². The van der Waals surface area contributed by atoms with Crippen LogP contribution in [0, 0.1) is 30.5 Å². The van der Waals surface area contributed by atoms with Crippen LogP contribution >= 0.6 is 11.3 Å². The maximum absolute atomic E-state index is 17.7. The first-order valence-electron chi connectivity index (χ1n) is 32.0. The quantitative estimate of drug-likeness (QED) is 0.0679. The summed E-state index contributed by atoms with van der Waals surface area (Å²) in [4.78, 5) is 72.1. The number of fused-ring (bicyclic) bond motifs is 4. The molecular formula is C68H84FN11O9S. The van der Waals surface area contributed by atoms with Crippen molar-refractivity contribution >= 4 is 62.6 Å². The van der Waals surface area contributed by atoms with Crippen LogP contribution in [0.4, 0.5) is 20.8 Å². The Morgan fingerprint density at radius 1 is 0.900 bits per heavy atom. The summed E-state index contributed by atoms with van der Waals surface area (Å²) in [6, 6.07) is 18.4. The topological polar surface area (TPSA) is 214 Å². The van der Waals surface area contributed by atoms with E-state index in [1.54, 1.807) is 24.6 Å². The number of ether oxygens (including phenoxy) is 4. The first kappa shape index (κ1) is 62.7. The lowest BCUT2D eigenvalue weighted by Gasteiger charge is -2.42. The van der Waals surface area contributed by atoms with Crippen LogP contribution < -0.4 is 24.6 Å². The summed E-state index contributed by atoms with van der Waals surface area (Å²) in [5.74, 6) is 1.24. The van der Waals surface area contributed by atoms with Crippen molar-refractivity contribution in [2.45, 2.75) is 142 Å². The smallest absolute Gasteiger partial charge is 0.410 e. The molecule has 2 N–H and O–H groups in total. The third-order valence-electron chi connectivity index (χ3n) is 18.7. The van der Waals surface area contributed by atoms with Gasteiger partial charge in [-0.05, 0) is 144 Å². The van der Waals surface area contributed by atoms with Gasteiger partial charge < -0.3 is 48.6 Å². The molecule has 0 aliphatic carbocycles. The molecule has 0 radical (unpaired) electrons. The number of pyridine rings is 1. The van der Waals surface area contributed by atoms with Gasteiger partial charge in [0.05, 0.1) is 45.7 Å². The Labute approximate surface area is 529 Å². The third kappa shape index (κ3) is 13.2. The van der Waals surface area contributed by atoms with E-state index in [-0.39, 0.29) is 78.9 Å². The number of nitrogens with one attached hydrogen (secondary N) is 1. The first-order valence-corrected chi connectivity index (χ1v) is 32.8. The summed E-state index contributed by atoms with van der Waals surface area (Å²) in [6.07, 6.45) is 6.21. The molecule has 20 nitrogen and oxygen atoms in total. The predicted molar refractivity (Wildman–Crippen MR) is 343 cm³/mol. The van der Waals surface area contributed by atoms with Crippen LogP contribution in [-0.4, -0.2) is 166 Å². The number of hydrogen-bond acceptors (Lipinski definition) is 18. The second-order valence-corrected chi connectivity index (χ2v) is 27.4. The normalized spacial score (nSPS) is 20.7. The Morgan fingerprint density at radius 2 is 1.66 bits per heavy atom. The Morgan fingerprint density at radius 3 is 2.34 bits per heavy atom. The van der Waals surface area contributed by atoms with Crippen molar-refractivity contribution in [3.05, 3.63) is 101 Å². The number of methoxy groups -OCH3 is 1. The third-order valence-corrected chi connectivity index (χ3v) is 19.7. The molecule has 12 rings (SSSR count). The molecule has 0 saturated carbocycles. The fraction of sp³-hybridized carbons (Fsp3) is 0.529. The molecule has 2 unspecified atom stereocenters. The van der Waals surface area contributed by atoms with E-state index in [9.17, 15) is 19.5 Å². The lowest BCUT2D eigenvalue weighted by Crippen LogP contribution is -2.57. The van der Waals surface area contributed by atoms with Crippen LogP contribution in [0.1, 0.15) is 122 Å². The van der Waals surface area contributed by atoms with E-state index in [1.807, 2.05) is 120 Å². The SMILES string of the molecule is CCc1cccc2cc(OCOC)cc(-c3ncc4c(N5CC6CCC(C5)N6C(=O)OC(C)(C)C)nc(OCCN5CCC(CC6CN(c7cc([C@H](C(=O)N8C[C@H](O)C[C@H]8C(=O)N[C@@H](C)c8ccc(-c9scnc9C)cc8)C(C)C)on7)C6)CC5)nc4c3F)c12. The van der Waals surface area contributed by atoms with Crippen LogP contribution in [0.3, 0.4) is 0 Å². The lowest BCUT2D eigenvalue weighted by atomic mass is 9.83. The van der Waals surface area contributed by atoms with Crippen LogP contribution in [-0.2, 0) is 25.5 Å². The van der Waals surface area contributed by atoms with E-state index in [0.717, 1.165) is 103 Å². The number of piperazine rings is 1. The average Bonchev–Trinajstić information content (AvgIpc) is 1.06. The number of carbonyl (C=O) groups excluding carboxylic acids is 3. The van der Waals surface area contributed by atoms with Gasteiger partial charge in [-0.1, -0.05) is 68.4 Å². The van der Waals surface area contributed by atoms with E-state index in [2.05, 4.69) is 37.1 Å². The zero-order chi connectivity index (χ0) is 63.1. The Hall–Kier alpha value is -7.53. The number of nitrogens with zero attached hydrogens (tertiary/aromatic N) is 10. The van der Waals surface area contributed by atoms with Gasteiger partial charge in [-0.25, -0.2) is 14.2 Å². The predicted octanol–water partition coefficient (Wildman–Crippen LogP) is 10.7. The van der Waals surface area contributed by atoms with Crippen molar-refractivity contribution in [2.24, 2.45) is 17.8 Å². The fourth-order valence-corrected chi connectivity index (χ4v) is 15.0. The Bertz CT molecular complexity index is 3720. The molecule has 6 atom stereocenters. The van der Waals surface area contributed by atoms with Crippen molar-refractivity contribution in [2.75, 3.05) is 82.7 Å². The van der Waals surface area contributed by atoms with Gasteiger partial charge >= 0.3 is 12.1 Å². The monoisotopic (exact) mass is 1250 g/mol. The molecule has 5 aliphatic rings. The molecule has 5 saturated heterocycles. The van der Waals surface area contributed by atoms with E-state index < -0.39 is 29.5 Å². The zero-order valence-corrected chi connectivity index (χ0v) is 53.9. The molecule has 3 aromatic carbocycles. The first-order chi connectivity index (χ1) is 43.3. The summed E-state index contributed by atoms with van der Waals surface area (Å²) < 4.78 is 47.1. The van der Waals surface area contributed by atoms with E-state index in [4.69, 9.17) is 38.4 Å². The number of anilines is 2. The van der Waals surface area contributed by atoms with Gasteiger partial charge in [0.2, 0.25) is 11.8 Å². The number of carbonyl (C=O) groups is 3. The number of rotatable bonds is 20. The largest absolute Gasteiger partial charge is 0.468 e. The number of benzene rings is 3. The minimum absolute atomic E-state index is 0.0255. The summed E-state index contributed by atoms with van der Waals surface area (Å²) in [5, 5.41) is 20.6. The van der Waals surface area contributed by atoms with Crippen molar-refractivity contribution in [3.63, 3.8) is 0 Å². The number of hydrogen-bond donors (Lipinski definition) is 2. The molecule has 9 heterocycles. The number of β-amino-alcohol motifs (C(OH)–C–C–N with tert-alkyl or cyclic N) is 1. The standard InChI is InChI=1S/C68H84FN11O9S/c1-10-44-12-11-13-47-27-51(87-38-85-9)29-52(58(44)47)60-59(69)61-53(31-70-60)63(78-34-48-18-19-49(35-78)80(48)67(84)88-68(6,7)8)74-66(73-61)86-25-24-76-22-20-42(21-23-76)26-43-32-77(33-43)56-30-55(89-75-56)57(39(2)3)65(83)79-36-50(81)28-54(79)64(82)72-40(4)45-14-16-46(17-15-45)62-41(5)71-37-90-62/h11-17,27,29-31,37,39-40,42-43,48-50,54,57,81H,10,18-26,28,32-36,38H2,1-9H3,(H,72,82)/t40-,48?,49?,50+,54-,57+/m0/s1. The van der Waals surface area contributed by atoms with Gasteiger partial charge in [0.25, 0.3) is 0 Å². The highest BCUT2D eigenvalue weighted by Crippen LogP contribution is 2.42. The minimum Gasteiger partial charge on any atom is -0.468 e. The molecule has 22 heteroatoms. The molecule has 7 aromatic rings. The summed E-state index contributed by atoms with van der Waals surface area (Å²) in [6.45, 7) is 21.0. The number of aliphatic hydroxyl groups is 1. The highest BCUT2D eigenvalue weighted by Gasteiger charge is 2.47.